The van der Waals surface area contributed by atoms with Gasteiger partial charge < -0.3 is 15.8 Å². The predicted molar refractivity (Wildman–Crippen MR) is 152 cm³/mol. The van der Waals surface area contributed by atoms with Gasteiger partial charge in [-0.15, -0.1) is 11.8 Å². The molecule has 0 aromatic heterocycles. The van der Waals surface area contributed by atoms with Crippen LogP contribution in [0.4, 0.5) is 0 Å². The Balaban J connectivity index is 1.56. The molecule has 0 bridgehead atoms. The van der Waals surface area contributed by atoms with Crippen LogP contribution in [0.1, 0.15) is 43.7 Å². The molecule has 3 rings (SSSR count). The van der Waals surface area contributed by atoms with Gasteiger partial charge in [0.1, 0.15) is 23.7 Å². The highest BCUT2D eigenvalue weighted by Gasteiger charge is 2.41. The molecule has 12 heteroatoms. The van der Waals surface area contributed by atoms with Crippen LogP contribution in [0.2, 0.25) is 0 Å². The maximum Gasteiger partial charge on any atom is 0.326 e. The molecule has 2 aromatic rings. The number of benzene rings is 2. The molecule has 1 saturated heterocycles. The van der Waals surface area contributed by atoms with E-state index in [0.29, 0.717) is 17.7 Å². The number of hydrogen-bond acceptors (Lipinski definition) is 8. The quantitative estimate of drug-likeness (QED) is 0.268. The summed E-state index contributed by atoms with van der Waals surface area (Å²) < 4.78 is 27.2. The number of carboxylic acids is 1. The van der Waals surface area contributed by atoms with Crippen molar-refractivity contribution in [3.63, 3.8) is 0 Å². The molecule has 1 heterocycles. The van der Waals surface area contributed by atoms with Crippen molar-refractivity contribution in [1.82, 2.24) is 9.62 Å². The number of sulfonamides is 1. The summed E-state index contributed by atoms with van der Waals surface area (Å²) >= 11 is 1.28. The molecule has 1 aliphatic rings. The van der Waals surface area contributed by atoms with Crippen molar-refractivity contribution >= 4 is 50.9 Å². The van der Waals surface area contributed by atoms with Crippen molar-refractivity contribution in [3.05, 3.63) is 65.7 Å². The molecule has 1 amide bonds. The van der Waals surface area contributed by atoms with E-state index in [1.807, 2.05) is 0 Å². The van der Waals surface area contributed by atoms with Crippen molar-refractivity contribution in [1.29, 1.82) is 5.41 Å². The van der Waals surface area contributed by atoms with E-state index in [-0.39, 0.29) is 60.2 Å². The van der Waals surface area contributed by atoms with Gasteiger partial charge in [-0.1, -0.05) is 42.5 Å². The van der Waals surface area contributed by atoms with E-state index < -0.39 is 34.0 Å². The number of nitrogens with zero attached hydrogens (tertiary/aromatic N) is 1. The van der Waals surface area contributed by atoms with E-state index in [2.05, 4.69) is 5.32 Å². The van der Waals surface area contributed by atoms with Gasteiger partial charge in [-0.2, -0.15) is 4.31 Å². The van der Waals surface area contributed by atoms with Crippen LogP contribution in [0.3, 0.4) is 0 Å². The van der Waals surface area contributed by atoms with Gasteiger partial charge >= 0.3 is 5.97 Å². The Bertz CT molecular complexity index is 1350. The number of aliphatic carboxylic acids is 1. The Morgan fingerprint density at radius 3 is 2.27 bits per heavy atom. The Morgan fingerprint density at radius 2 is 1.65 bits per heavy atom. The Morgan fingerprint density at radius 1 is 1.02 bits per heavy atom. The summed E-state index contributed by atoms with van der Waals surface area (Å²) in [7, 11) is -3.93. The van der Waals surface area contributed by atoms with E-state index in [1.165, 1.54) is 23.9 Å². The van der Waals surface area contributed by atoms with Crippen LogP contribution in [-0.2, 0) is 42.0 Å². The van der Waals surface area contributed by atoms with Gasteiger partial charge in [-0.05, 0) is 36.6 Å². The molecule has 0 spiro atoms. The fourth-order valence-corrected chi connectivity index (χ4v) is 7.45. The number of carbonyl (C=O) groups excluding carboxylic acids is 3. The number of nitrogens with one attached hydrogen (secondary N) is 2. The second-order valence-electron chi connectivity index (χ2n) is 9.71. The van der Waals surface area contributed by atoms with Crippen molar-refractivity contribution in [2.24, 2.45) is 0 Å². The summed E-state index contributed by atoms with van der Waals surface area (Å²) in [5, 5.41) is 19.6. The van der Waals surface area contributed by atoms with Crippen LogP contribution in [-0.4, -0.2) is 70.7 Å². The van der Waals surface area contributed by atoms with Gasteiger partial charge in [0.2, 0.25) is 15.9 Å². The lowest BCUT2D eigenvalue weighted by Crippen LogP contribution is -2.52. The number of thioether (sulfide) groups is 1. The minimum atomic E-state index is -3.93. The van der Waals surface area contributed by atoms with Crippen LogP contribution in [0.25, 0.3) is 0 Å². The zero-order chi connectivity index (χ0) is 29.3. The summed E-state index contributed by atoms with van der Waals surface area (Å²) in [5.41, 5.74) is 1.68. The fraction of sp³-hybridized carbons (Fsp3) is 0.393. The zero-order valence-corrected chi connectivity index (χ0v) is 23.8. The highest BCUT2D eigenvalue weighted by atomic mass is 32.2. The molecule has 10 nitrogen and oxygen atoms in total. The molecular weight excluding hydrogens is 554 g/mol. The molecular formula is C28H33N3O7S2. The molecule has 0 radical (unpaired) electrons. The molecule has 1 aliphatic heterocycles. The number of carbonyl (C=O) groups is 4. The van der Waals surface area contributed by atoms with Crippen LogP contribution in [0.15, 0.2) is 59.5 Å². The second-order valence-corrected chi connectivity index (χ2v) is 12.6. The summed E-state index contributed by atoms with van der Waals surface area (Å²) in [5.74, 6) is -1.69. The molecule has 2 atom stereocenters. The third-order valence-electron chi connectivity index (χ3n) is 6.35. The standard InChI is InChI=1S/C28H33N3O7S2/c1-19(29)14-22(32)6-5-7-23(33)15-20-10-12-21(13-11-20)16-25(28(35)36)30-27(34)26-17-39-18-31(26)40(37,38)24-8-3-2-4-9-24/h2-4,8-13,25-26,29H,5-7,14-18H2,1H3,(H,30,34)(H,35,36). The molecule has 0 saturated carbocycles. The Hall–Kier alpha value is -3.35. The first-order valence-electron chi connectivity index (χ1n) is 12.8. The van der Waals surface area contributed by atoms with Crippen molar-refractivity contribution in [3.8, 4) is 0 Å². The normalized spacial score (nSPS) is 16.3. The lowest BCUT2D eigenvalue weighted by molar-refractivity contribution is -0.142. The highest BCUT2D eigenvalue weighted by Crippen LogP contribution is 2.28. The monoisotopic (exact) mass is 587 g/mol. The number of amides is 1. The van der Waals surface area contributed by atoms with Crippen LogP contribution in [0, 0.1) is 5.41 Å². The Labute approximate surface area is 238 Å². The molecule has 40 heavy (non-hydrogen) atoms. The lowest BCUT2D eigenvalue weighted by Gasteiger charge is -2.24. The highest BCUT2D eigenvalue weighted by molar-refractivity contribution is 8.00. The maximum absolute atomic E-state index is 13.1. The van der Waals surface area contributed by atoms with Gasteiger partial charge in [-0.25, -0.2) is 13.2 Å². The van der Waals surface area contributed by atoms with Crippen LogP contribution < -0.4 is 5.32 Å². The molecule has 1 fully saturated rings. The van der Waals surface area contributed by atoms with E-state index >= 15 is 0 Å². The topological polar surface area (TPSA) is 162 Å². The number of ketones is 2. The number of Topliss-reactive ketones (excluding diaryl/α,β-unsaturated/α-hetero) is 2. The van der Waals surface area contributed by atoms with Crippen LogP contribution in [0.5, 0.6) is 0 Å². The number of hydrogen-bond donors (Lipinski definition) is 3. The van der Waals surface area contributed by atoms with E-state index in [9.17, 15) is 32.7 Å². The number of rotatable bonds is 15. The molecule has 3 N–H and O–H groups in total. The predicted octanol–water partition coefficient (Wildman–Crippen LogP) is 2.84. The van der Waals surface area contributed by atoms with E-state index in [4.69, 9.17) is 5.41 Å². The largest absolute Gasteiger partial charge is 0.480 e. The van der Waals surface area contributed by atoms with E-state index in [1.54, 1.807) is 49.4 Å². The summed E-state index contributed by atoms with van der Waals surface area (Å²) in [6.45, 7) is 1.57. The first-order valence-corrected chi connectivity index (χ1v) is 15.4. The SMILES string of the molecule is CC(=N)CC(=O)CCCC(=O)Cc1ccc(CC(NC(=O)C2CSCN2S(=O)(=O)c2ccccc2)C(=O)O)cc1. The summed E-state index contributed by atoms with van der Waals surface area (Å²) in [4.78, 5) is 49.0. The van der Waals surface area contributed by atoms with Crippen LogP contribution >= 0.6 is 11.8 Å². The minimum absolute atomic E-state index is 0.0187. The third-order valence-corrected chi connectivity index (χ3v) is 9.39. The van der Waals surface area contributed by atoms with E-state index in [0.717, 1.165) is 9.87 Å². The van der Waals surface area contributed by atoms with Crippen molar-refractivity contribution < 1.29 is 32.7 Å². The van der Waals surface area contributed by atoms with Crippen molar-refractivity contribution in [2.45, 2.75) is 62.4 Å². The molecule has 2 unspecified atom stereocenters. The average molecular weight is 588 g/mol. The minimum Gasteiger partial charge on any atom is -0.480 e. The molecule has 214 valence electrons. The zero-order valence-electron chi connectivity index (χ0n) is 22.2. The first-order chi connectivity index (χ1) is 19.0. The van der Waals surface area contributed by atoms with Gasteiger partial charge in [0.15, 0.2) is 0 Å². The second kappa shape index (κ2) is 14.3. The summed E-state index contributed by atoms with van der Waals surface area (Å²) in [6.07, 6.45) is 1.23. The Kier molecular flexibility index (Phi) is 11.2. The van der Waals surface area contributed by atoms with Crippen molar-refractivity contribution in [2.75, 3.05) is 11.6 Å². The van der Waals surface area contributed by atoms with Gasteiger partial charge in [-0.3, -0.25) is 14.4 Å². The average Bonchev–Trinajstić information content (AvgIpc) is 3.41. The van der Waals surface area contributed by atoms with Gasteiger partial charge in [0.25, 0.3) is 0 Å². The first kappa shape index (κ1) is 31.2. The van der Waals surface area contributed by atoms with Gasteiger partial charge in [0.05, 0.1) is 10.8 Å². The molecule has 0 aliphatic carbocycles. The third kappa shape index (κ3) is 8.83. The number of carboxylic acid groups (broad SMARTS) is 1. The van der Waals surface area contributed by atoms with Gasteiger partial charge in [0, 0.05) is 43.6 Å². The fourth-order valence-electron chi connectivity index (χ4n) is 4.28. The maximum atomic E-state index is 13.1. The molecule has 2 aromatic carbocycles. The summed E-state index contributed by atoms with van der Waals surface area (Å²) in [6, 6.07) is 12.3. The smallest absolute Gasteiger partial charge is 0.326 e. The lowest BCUT2D eigenvalue weighted by atomic mass is 10.00.